The van der Waals surface area contributed by atoms with Crippen LogP contribution in [0.3, 0.4) is 0 Å². The minimum Gasteiger partial charge on any atom is -0.310 e. The molecule has 4 aromatic heterocycles. The maximum atomic E-state index is 13.3. The van der Waals surface area contributed by atoms with E-state index in [9.17, 15) is 14.4 Å². The number of aromatic amines is 1. The Morgan fingerprint density at radius 2 is 1.81 bits per heavy atom. The van der Waals surface area contributed by atoms with Crippen molar-refractivity contribution in [2.24, 2.45) is 0 Å². The summed E-state index contributed by atoms with van der Waals surface area (Å²) >= 11 is 0. The Labute approximate surface area is 207 Å². The Morgan fingerprint density at radius 3 is 2.39 bits per heavy atom. The molecule has 2 aliphatic rings. The molecule has 9 nitrogen and oxygen atoms in total. The van der Waals surface area contributed by atoms with Crippen LogP contribution in [-0.2, 0) is 0 Å². The fourth-order valence-electron chi connectivity index (χ4n) is 4.66. The van der Waals surface area contributed by atoms with Crippen LogP contribution in [-0.4, -0.2) is 34.7 Å². The zero-order valence-electron chi connectivity index (χ0n) is 20.4. The summed E-state index contributed by atoms with van der Waals surface area (Å²) in [5.41, 5.74) is 2.01. The van der Waals surface area contributed by atoms with E-state index in [1.807, 2.05) is 45.2 Å². The van der Waals surface area contributed by atoms with Gasteiger partial charge >= 0.3 is 0 Å². The highest BCUT2D eigenvalue weighted by atomic mass is 19.1. The lowest BCUT2D eigenvalue weighted by Crippen LogP contribution is -2.28. The van der Waals surface area contributed by atoms with E-state index in [0.717, 1.165) is 36.5 Å². The van der Waals surface area contributed by atoms with Crippen molar-refractivity contribution in [3.05, 3.63) is 75.5 Å². The maximum Gasteiger partial charge on any atom is 0.263 e. The molecule has 4 heterocycles. The van der Waals surface area contributed by atoms with E-state index in [0.29, 0.717) is 23.2 Å². The van der Waals surface area contributed by atoms with Gasteiger partial charge in [-0.1, -0.05) is 19.9 Å². The summed E-state index contributed by atoms with van der Waals surface area (Å²) in [4.78, 5) is 33.4. The third-order valence-corrected chi connectivity index (χ3v) is 6.94. The van der Waals surface area contributed by atoms with Gasteiger partial charge in [0.05, 0.1) is 18.4 Å². The van der Waals surface area contributed by atoms with E-state index in [4.69, 9.17) is 4.98 Å². The highest BCUT2D eigenvalue weighted by molar-refractivity contribution is 5.80. The fourth-order valence-corrected chi connectivity index (χ4v) is 4.66. The van der Waals surface area contributed by atoms with E-state index in [1.54, 1.807) is 4.68 Å². The van der Waals surface area contributed by atoms with Crippen LogP contribution in [0.4, 0.5) is 4.39 Å². The number of rotatable bonds is 5. The van der Waals surface area contributed by atoms with E-state index in [2.05, 4.69) is 25.0 Å². The molecule has 2 fully saturated rings. The second-order valence-electron chi connectivity index (χ2n) is 9.07. The zero-order chi connectivity index (χ0) is 25.4. The summed E-state index contributed by atoms with van der Waals surface area (Å²) in [5.74, 6) is 0.928. The van der Waals surface area contributed by atoms with Gasteiger partial charge in [-0.25, -0.2) is 24.0 Å². The molecule has 0 aliphatic heterocycles. The fraction of sp³-hybridized carbons (Fsp3) is 0.423. The average Bonchev–Trinajstić information content (AvgIpc) is 3.66. The molecule has 4 aromatic rings. The SMILES string of the molecule is CC.CC(c1ccc(C2CC2)nc1)n1nc(C#N)c2c(=O)[nH]c(C3CCC3c3ncc(F)cn3)nc21. The average molecular weight is 487 g/mol. The third-order valence-electron chi connectivity index (χ3n) is 6.94. The predicted octanol–water partition coefficient (Wildman–Crippen LogP) is 4.49. The Balaban J connectivity index is 0.00000130. The number of H-pyrrole nitrogens is 1. The molecule has 0 amide bonds. The Kier molecular flexibility index (Phi) is 6.31. The smallest absolute Gasteiger partial charge is 0.263 e. The molecule has 0 radical (unpaired) electrons. The molecule has 0 aromatic carbocycles. The van der Waals surface area contributed by atoms with E-state index in [-0.39, 0.29) is 29.0 Å². The highest BCUT2D eigenvalue weighted by Crippen LogP contribution is 2.46. The molecule has 2 aliphatic carbocycles. The van der Waals surface area contributed by atoms with Gasteiger partial charge in [0, 0.05) is 29.6 Å². The van der Waals surface area contributed by atoms with Crippen LogP contribution in [0.1, 0.15) is 98.9 Å². The second kappa shape index (κ2) is 9.57. The van der Waals surface area contributed by atoms with E-state index >= 15 is 0 Å². The number of pyridine rings is 1. The number of nitriles is 1. The monoisotopic (exact) mass is 486 g/mol. The Morgan fingerprint density at radius 1 is 1.08 bits per heavy atom. The van der Waals surface area contributed by atoms with Crippen molar-refractivity contribution in [2.45, 2.75) is 70.3 Å². The first-order chi connectivity index (χ1) is 17.5. The lowest BCUT2D eigenvalue weighted by molar-refractivity contribution is 0.318. The van der Waals surface area contributed by atoms with Crippen LogP contribution in [0.5, 0.6) is 0 Å². The van der Waals surface area contributed by atoms with E-state index in [1.165, 1.54) is 12.8 Å². The molecule has 0 bridgehead atoms. The standard InChI is InChI=1S/C24H21FN8O.C2H6/c1-12(14-4-7-18(27-9-14)13-2-3-13)33-23-20(19(8-26)32-33)24(34)31-22(30-23)17-6-5-16(17)21-28-10-15(25)11-29-21;1-2/h4,7,9-13,16-17H,2-3,5-6H2,1H3,(H,30,31,34);1-2H3. The largest absolute Gasteiger partial charge is 0.310 e. The summed E-state index contributed by atoms with van der Waals surface area (Å²) in [7, 11) is 0. The lowest BCUT2D eigenvalue weighted by atomic mass is 9.72. The molecule has 3 atom stereocenters. The van der Waals surface area contributed by atoms with Crippen LogP contribution in [0.2, 0.25) is 0 Å². The Hall–Kier alpha value is -4.00. The molecule has 0 spiro atoms. The third kappa shape index (κ3) is 4.15. The van der Waals surface area contributed by atoms with Gasteiger partial charge in [0.2, 0.25) is 0 Å². The summed E-state index contributed by atoms with van der Waals surface area (Å²) in [6.07, 6.45) is 8.10. The van der Waals surface area contributed by atoms with Crippen molar-refractivity contribution in [3.8, 4) is 6.07 Å². The molecule has 6 rings (SSSR count). The van der Waals surface area contributed by atoms with Gasteiger partial charge in [0.1, 0.15) is 23.1 Å². The molecular formula is C26H27FN8O. The number of aromatic nitrogens is 7. The molecule has 3 unspecified atom stereocenters. The first-order valence-electron chi connectivity index (χ1n) is 12.4. The number of fused-ring (bicyclic) bond motifs is 1. The second-order valence-corrected chi connectivity index (χ2v) is 9.07. The summed E-state index contributed by atoms with van der Waals surface area (Å²) in [6, 6.07) is 5.81. The number of nitrogens with one attached hydrogen (secondary N) is 1. The lowest BCUT2D eigenvalue weighted by Gasteiger charge is -2.34. The van der Waals surface area contributed by atoms with Crippen molar-refractivity contribution in [1.29, 1.82) is 5.26 Å². The first kappa shape index (κ1) is 23.7. The van der Waals surface area contributed by atoms with E-state index < -0.39 is 11.4 Å². The van der Waals surface area contributed by atoms with Crippen LogP contribution in [0.15, 0.2) is 35.5 Å². The molecule has 184 valence electrons. The maximum absolute atomic E-state index is 13.3. The van der Waals surface area contributed by atoms with Crippen LogP contribution >= 0.6 is 0 Å². The van der Waals surface area contributed by atoms with Gasteiger partial charge in [-0.05, 0) is 44.2 Å². The number of nitrogens with zero attached hydrogens (tertiary/aromatic N) is 7. The van der Waals surface area contributed by atoms with Gasteiger partial charge in [-0.15, -0.1) is 0 Å². The number of hydrogen-bond acceptors (Lipinski definition) is 7. The number of hydrogen-bond donors (Lipinski definition) is 1. The van der Waals surface area contributed by atoms with Gasteiger partial charge in [0.15, 0.2) is 17.2 Å². The van der Waals surface area contributed by atoms with Crippen molar-refractivity contribution in [2.75, 3.05) is 0 Å². The van der Waals surface area contributed by atoms with Crippen molar-refractivity contribution in [3.63, 3.8) is 0 Å². The predicted molar refractivity (Wildman–Crippen MR) is 131 cm³/mol. The summed E-state index contributed by atoms with van der Waals surface area (Å²) in [5, 5.41) is 14.2. The topological polar surface area (TPSA) is 126 Å². The first-order valence-corrected chi connectivity index (χ1v) is 12.4. The molecular weight excluding hydrogens is 459 g/mol. The summed E-state index contributed by atoms with van der Waals surface area (Å²) < 4.78 is 14.9. The van der Waals surface area contributed by atoms with Gasteiger partial charge in [-0.3, -0.25) is 9.78 Å². The Bertz CT molecular complexity index is 1480. The highest BCUT2D eigenvalue weighted by Gasteiger charge is 2.38. The number of halogens is 1. The minimum absolute atomic E-state index is 0.0386. The van der Waals surface area contributed by atoms with Crippen molar-refractivity contribution in [1.82, 2.24) is 34.7 Å². The molecule has 36 heavy (non-hydrogen) atoms. The van der Waals surface area contributed by atoms with Crippen LogP contribution in [0.25, 0.3) is 11.0 Å². The summed E-state index contributed by atoms with van der Waals surface area (Å²) in [6.45, 7) is 5.95. The van der Waals surface area contributed by atoms with Gasteiger partial charge in [0.25, 0.3) is 5.56 Å². The minimum atomic E-state index is -0.492. The molecule has 2 saturated carbocycles. The van der Waals surface area contributed by atoms with Crippen LogP contribution < -0.4 is 5.56 Å². The molecule has 1 N–H and O–H groups in total. The van der Waals surface area contributed by atoms with Crippen LogP contribution in [0, 0.1) is 17.1 Å². The van der Waals surface area contributed by atoms with Gasteiger partial charge in [-0.2, -0.15) is 10.4 Å². The van der Waals surface area contributed by atoms with Crippen molar-refractivity contribution < 1.29 is 4.39 Å². The van der Waals surface area contributed by atoms with Crippen molar-refractivity contribution >= 4 is 11.0 Å². The molecule has 0 saturated heterocycles. The van der Waals surface area contributed by atoms with Gasteiger partial charge < -0.3 is 4.98 Å². The zero-order valence-corrected chi connectivity index (χ0v) is 20.4. The quantitative estimate of drug-likeness (QED) is 0.440. The normalized spacial score (nSPS) is 19.6. The molecule has 10 heteroatoms.